The fraction of sp³-hybridized carbons (Fsp3) is 0.552. The molecule has 0 aliphatic rings. The molecule has 0 radical (unpaired) electrons. The van der Waals surface area contributed by atoms with Crippen LogP contribution in [0.5, 0.6) is 0 Å². The van der Waals surface area contributed by atoms with Gasteiger partial charge in [0, 0.05) is 0 Å². The van der Waals surface area contributed by atoms with Crippen LogP contribution in [0.15, 0.2) is 60.7 Å². The molecule has 9 heteroatoms. The second kappa shape index (κ2) is 12.9. The van der Waals surface area contributed by atoms with E-state index in [2.05, 4.69) is 33.9 Å². The number of esters is 1. The molecule has 2 aromatic carbocycles. The Morgan fingerprint density at radius 2 is 1.42 bits per heavy atom. The lowest BCUT2D eigenvalue weighted by Gasteiger charge is -2.42. The molecule has 0 saturated heterocycles. The molecule has 0 N–H and O–H groups in total. The first-order valence-corrected chi connectivity index (χ1v) is 17.6. The van der Waals surface area contributed by atoms with Gasteiger partial charge in [-0.05, 0) is 50.0 Å². The van der Waals surface area contributed by atoms with Crippen LogP contribution in [0.2, 0.25) is 18.1 Å². The molecule has 0 heterocycles. The summed E-state index contributed by atoms with van der Waals surface area (Å²) in [6.45, 7) is 15.7. The minimum absolute atomic E-state index is 0.129. The molecular weight excluding hydrogens is 520 g/mol. The van der Waals surface area contributed by atoms with E-state index in [9.17, 15) is 13.2 Å². The Bertz CT molecular complexity index is 1120. The van der Waals surface area contributed by atoms with E-state index in [4.69, 9.17) is 18.1 Å². The maximum atomic E-state index is 12.6. The van der Waals surface area contributed by atoms with Crippen molar-refractivity contribution in [3.8, 4) is 0 Å². The van der Waals surface area contributed by atoms with Gasteiger partial charge in [0.05, 0.1) is 24.4 Å². The zero-order chi connectivity index (χ0) is 28.8. The minimum atomic E-state index is -3.94. The van der Waals surface area contributed by atoms with E-state index >= 15 is 0 Å². The van der Waals surface area contributed by atoms with Gasteiger partial charge in [-0.2, -0.15) is 8.42 Å². The molecule has 3 atom stereocenters. The number of ether oxygens (including phenoxy) is 2. The van der Waals surface area contributed by atoms with E-state index in [1.807, 2.05) is 60.7 Å². The largest absolute Gasteiger partial charge is 0.462 e. The molecule has 0 aromatic heterocycles. The third kappa shape index (κ3) is 9.93. The van der Waals surface area contributed by atoms with E-state index in [0.29, 0.717) is 0 Å². The number of carbonyl (C=O) groups excluding carboxylic acids is 1. The van der Waals surface area contributed by atoms with Crippen LogP contribution in [0.1, 0.15) is 58.8 Å². The fourth-order valence-corrected chi connectivity index (χ4v) is 5.27. The smallest absolute Gasteiger partial charge is 0.311 e. The summed E-state index contributed by atoms with van der Waals surface area (Å²) in [5, 5.41) is -0.129. The van der Waals surface area contributed by atoms with Gasteiger partial charge in [-0.3, -0.25) is 8.98 Å². The lowest BCUT2D eigenvalue weighted by molar-refractivity contribution is -0.162. The van der Waals surface area contributed by atoms with Gasteiger partial charge < -0.3 is 13.9 Å². The van der Waals surface area contributed by atoms with Gasteiger partial charge in [0.25, 0.3) is 10.1 Å². The van der Waals surface area contributed by atoms with Crippen molar-refractivity contribution >= 4 is 24.4 Å². The summed E-state index contributed by atoms with van der Waals surface area (Å²) in [6.07, 6.45) is -1.75. The molecule has 0 aliphatic carbocycles. The van der Waals surface area contributed by atoms with Gasteiger partial charge in [0.15, 0.2) is 8.32 Å². The third-order valence-electron chi connectivity index (χ3n) is 6.60. The molecule has 38 heavy (non-hydrogen) atoms. The molecule has 0 fully saturated rings. The Kier molecular flexibility index (Phi) is 10.9. The average molecular weight is 565 g/mol. The van der Waals surface area contributed by atoms with E-state index < -0.39 is 48.1 Å². The van der Waals surface area contributed by atoms with Crippen LogP contribution in [-0.4, -0.2) is 47.8 Å². The highest BCUT2D eigenvalue weighted by Crippen LogP contribution is 2.42. The van der Waals surface area contributed by atoms with Crippen molar-refractivity contribution in [2.75, 3.05) is 12.9 Å². The van der Waals surface area contributed by atoms with E-state index in [0.717, 1.165) is 17.4 Å². The zero-order valence-electron chi connectivity index (χ0n) is 24.2. The zero-order valence-corrected chi connectivity index (χ0v) is 26.0. The highest BCUT2D eigenvalue weighted by Gasteiger charge is 2.44. The second-order valence-corrected chi connectivity index (χ2v) is 18.5. The van der Waals surface area contributed by atoms with Gasteiger partial charge in [-0.25, -0.2) is 0 Å². The predicted octanol–water partition coefficient (Wildman–Crippen LogP) is 6.27. The first-order valence-electron chi connectivity index (χ1n) is 12.8. The van der Waals surface area contributed by atoms with Crippen molar-refractivity contribution in [3.63, 3.8) is 0 Å². The molecule has 0 unspecified atom stereocenters. The van der Waals surface area contributed by atoms with Crippen LogP contribution >= 0.6 is 0 Å². The summed E-state index contributed by atoms with van der Waals surface area (Å²) in [6, 6.07) is 19.1. The standard InChI is InChI=1S/C29H44O7SSi/c1-28(2,3)27(30)34-21-24(35-37(7,31)32)26(33-20-22-16-12-10-13-17-22)25(23-18-14-11-15-19-23)36-38(8,9)29(4,5)6/h10-19,24-26H,20-21H2,1-9H3/t24-,25-,26+/m0/s1. The van der Waals surface area contributed by atoms with Crippen molar-refractivity contribution in [1.82, 2.24) is 0 Å². The number of hydrogen-bond acceptors (Lipinski definition) is 7. The van der Waals surface area contributed by atoms with Crippen LogP contribution in [0, 0.1) is 5.41 Å². The summed E-state index contributed by atoms with van der Waals surface area (Å²) in [5.41, 5.74) is 0.952. The van der Waals surface area contributed by atoms with E-state index in [-0.39, 0.29) is 18.3 Å². The molecule has 0 amide bonds. The lowest BCUT2D eigenvalue weighted by atomic mass is 9.97. The molecular formula is C29H44O7SSi. The SMILES string of the molecule is CC(C)(C)C(=O)OC[C@H](OS(C)(=O)=O)[C@@H](OCc1ccccc1)[C@@H](O[Si](C)(C)C(C)(C)C)c1ccccc1. The highest BCUT2D eigenvalue weighted by molar-refractivity contribution is 7.86. The first kappa shape index (κ1) is 32.2. The van der Waals surface area contributed by atoms with Gasteiger partial charge >= 0.3 is 5.97 Å². The molecule has 0 aliphatic heterocycles. The van der Waals surface area contributed by atoms with E-state index in [1.54, 1.807) is 20.8 Å². The van der Waals surface area contributed by atoms with E-state index in [1.165, 1.54) is 0 Å². The van der Waals surface area contributed by atoms with Crippen LogP contribution in [0.4, 0.5) is 0 Å². The lowest BCUT2D eigenvalue weighted by Crippen LogP contribution is -2.49. The summed E-state index contributed by atoms with van der Waals surface area (Å²) in [4.78, 5) is 12.6. The van der Waals surface area contributed by atoms with Crippen LogP contribution in [0.3, 0.4) is 0 Å². The Morgan fingerprint density at radius 3 is 1.89 bits per heavy atom. The predicted molar refractivity (Wildman–Crippen MR) is 153 cm³/mol. The molecule has 0 bridgehead atoms. The molecule has 2 aromatic rings. The van der Waals surface area contributed by atoms with Crippen LogP contribution in [0.25, 0.3) is 0 Å². The topological polar surface area (TPSA) is 88.1 Å². The number of carbonyl (C=O) groups is 1. The Labute approximate surface area is 230 Å². The highest BCUT2D eigenvalue weighted by atomic mass is 32.2. The molecule has 2 rings (SSSR count). The summed E-state index contributed by atoms with van der Waals surface area (Å²) in [7, 11) is -6.33. The van der Waals surface area contributed by atoms with Gasteiger partial charge in [-0.15, -0.1) is 0 Å². The Hall–Kier alpha value is -2.04. The number of benzene rings is 2. The summed E-state index contributed by atoms with van der Waals surface area (Å²) < 4.78 is 49.3. The molecule has 7 nitrogen and oxygen atoms in total. The molecule has 212 valence electrons. The van der Waals surface area contributed by atoms with Gasteiger partial charge in [-0.1, -0.05) is 81.4 Å². The van der Waals surface area contributed by atoms with Crippen molar-refractivity contribution in [3.05, 3.63) is 71.8 Å². The maximum absolute atomic E-state index is 12.6. The van der Waals surface area contributed by atoms with Crippen LogP contribution < -0.4 is 0 Å². The van der Waals surface area contributed by atoms with Crippen molar-refractivity contribution in [2.24, 2.45) is 5.41 Å². The maximum Gasteiger partial charge on any atom is 0.311 e. The van der Waals surface area contributed by atoms with Gasteiger partial charge in [0.1, 0.15) is 18.8 Å². The number of rotatable bonds is 12. The first-order chi connectivity index (χ1) is 17.4. The second-order valence-electron chi connectivity index (χ2n) is 12.2. The molecule has 0 saturated carbocycles. The third-order valence-corrected chi connectivity index (χ3v) is 11.6. The Balaban J connectivity index is 2.60. The van der Waals surface area contributed by atoms with Gasteiger partial charge in [0.2, 0.25) is 0 Å². The normalized spacial score (nSPS) is 15.5. The number of hydrogen-bond donors (Lipinski definition) is 0. The van der Waals surface area contributed by atoms with Crippen LogP contribution in [-0.2, 0) is 39.6 Å². The fourth-order valence-electron chi connectivity index (χ4n) is 3.39. The molecule has 0 spiro atoms. The van der Waals surface area contributed by atoms with Crippen molar-refractivity contribution in [1.29, 1.82) is 0 Å². The quantitative estimate of drug-likeness (QED) is 0.171. The average Bonchev–Trinajstić information content (AvgIpc) is 2.80. The summed E-state index contributed by atoms with van der Waals surface area (Å²) in [5.74, 6) is -0.469. The van der Waals surface area contributed by atoms with Crippen molar-refractivity contribution < 1.29 is 31.3 Å². The monoisotopic (exact) mass is 564 g/mol. The van der Waals surface area contributed by atoms with Crippen molar-refractivity contribution in [2.45, 2.75) is 84.6 Å². The Morgan fingerprint density at radius 1 is 0.895 bits per heavy atom. The minimum Gasteiger partial charge on any atom is -0.462 e. The summed E-state index contributed by atoms with van der Waals surface area (Å²) >= 11 is 0.